The SMILES string of the molecule is C[C@@H]1CC[C@@]2(OC1)O[C@H]1C[C@H]3[C@@H]4CC=C5C[C@@H](O[C@@H]6O[C@H](CO)[C@@H](O[C@@H]7OC[C@@H](O)[C@H](O)[C@H]7O)[C@H](O[C@@H]7OC[C@@H](O)[C@H](O)[C@H]7O)[C@H]6O[C@@H]6O[C@@H](C)[C@H](O)[C@@H](O)[C@H]6O)CC[C@]5(C)[C@H]4CC[C@]3(C)[C@@]1(O)[C@@H]2C. The molecule has 9 fully saturated rings. The third kappa shape index (κ3) is 8.41. The lowest BCUT2D eigenvalue weighted by Crippen LogP contribution is -2.68. The van der Waals surface area contributed by atoms with Crippen molar-refractivity contribution in [3.63, 3.8) is 0 Å². The molecule has 70 heavy (non-hydrogen) atoms. The molecule has 0 aromatic carbocycles. The number of hydrogen-bond acceptors (Lipinski definition) is 21. The molecule has 1 spiro atoms. The van der Waals surface area contributed by atoms with Gasteiger partial charge in [-0.1, -0.05) is 39.3 Å². The van der Waals surface area contributed by atoms with E-state index in [1.807, 2.05) is 0 Å². The van der Waals surface area contributed by atoms with E-state index in [0.717, 1.165) is 44.9 Å². The van der Waals surface area contributed by atoms with Crippen LogP contribution in [0.25, 0.3) is 0 Å². The minimum absolute atomic E-state index is 0.170. The largest absolute Gasteiger partial charge is 0.394 e. The average molecular weight is 1000 g/mol. The van der Waals surface area contributed by atoms with Gasteiger partial charge in [0.05, 0.1) is 44.7 Å². The van der Waals surface area contributed by atoms with Gasteiger partial charge in [0, 0.05) is 17.8 Å². The highest BCUT2D eigenvalue weighted by Gasteiger charge is 2.76. The van der Waals surface area contributed by atoms with Crippen LogP contribution >= 0.6 is 0 Å². The standard InChI is InChI=1S/C49H78O21/c1-20-8-13-48(63-17-20)22(3)49(60)31(70-48)15-27-25-7-6-23-14-24(9-11-46(23,4)26(25)10-12-47(27,49)5)65-45-41(69-44-38(59)35(56)32(53)21(2)64-44)40(68-43-37(58)34(55)29(52)19-62-43)39(30(16-50)66-45)67-42-36(57)33(54)28(51)18-61-42/h6,20-22,24-45,50-60H,7-19H2,1-5H3/t20-,21+,22-,24+,25-,26+,27+,28-,29-,30-,31+,32+,33+,34+,35-,36-,37-,38-,39-,40+,41-,42+,43+,44+,45-,46+,47+,48-,49-/m1/s1. The van der Waals surface area contributed by atoms with Gasteiger partial charge in [-0.05, 0) is 87.4 Å². The predicted molar refractivity (Wildman–Crippen MR) is 236 cm³/mol. The summed E-state index contributed by atoms with van der Waals surface area (Å²) in [6.07, 6.45) is -20.1. The highest BCUT2D eigenvalue weighted by Crippen LogP contribution is 2.72. The summed E-state index contributed by atoms with van der Waals surface area (Å²) in [4.78, 5) is 0. The minimum Gasteiger partial charge on any atom is -0.394 e. The van der Waals surface area contributed by atoms with Gasteiger partial charge >= 0.3 is 0 Å². The molecule has 0 radical (unpaired) electrons. The third-order valence-electron chi connectivity index (χ3n) is 19.3. The summed E-state index contributed by atoms with van der Waals surface area (Å²) in [6, 6.07) is 0. The summed E-state index contributed by atoms with van der Waals surface area (Å²) < 4.78 is 62.8. The summed E-state index contributed by atoms with van der Waals surface area (Å²) in [7, 11) is 0. The Balaban J connectivity index is 0.921. The van der Waals surface area contributed by atoms with E-state index < -0.39 is 148 Å². The Kier molecular flexibility index (Phi) is 14.6. The van der Waals surface area contributed by atoms with Crippen LogP contribution in [0.4, 0.5) is 0 Å². The van der Waals surface area contributed by atoms with Gasteiger partial charge in [-0.25, -0.2) is 0 Å². The highest BCUT2D eigenvalue weighted by molar-refractivity contribution is 5.29. The van der Waals surface area contributed by atoms with Crippen LogP contribution in [0.3, 0.4) is 0 Å². The molecule has 21 nitrogen and oxygen atoms in total. The van der Waals surface area contributed by atoms with Crippen molar-refractivity contribution in [2.24, 2.45) is 40.4 Å². The Morgan fingerprint density at radius 1 is 0.643 bits per heavy atom. The van der Waals surface area contributed by atoms with Crippen molar-refractivity contribution in [2.75, 3.05) is 26.4 Å². The summed E-state index contributed by atoms with van der Waals surface area (Å²) in [5, 5.41) is 120. The predicted octanol–water partition coefficient (Wildman–Crippen LogP) is -1.57. The van der Waals surface area contributed by atoms with E-state index in [1.54, 1.807) is 0 Å². The van der Waals surface area contributed by atoms with Gasteiger partial charge in [-0.15, -0.1) is 0 Å². The van der Waals surface area contributed by atoms with Crippen molar-refractivity contribution in [1.82, 2.24) is 0 Å². The van der Waals surface area contributed by atoms with Crippen LogP contribution in [0, 0.1) is 40.4 Å². The van der Waals surface area contributed by atoms with E-state index >= 15 is 0 Å². The van der Waals surface area contributed by atoms with E-state index in [1.165, 1.54) is 12.5 Å². The number of hydrogen-bond donors (Lipinski definition) is 11. The van der Waals surface area contributed by atoms with Crippen LogP contribution in [-0.4, -0.2) is 217 Å². The maximum absolute atomic E-state index is 12.9. The number of fused-ring (bicyclic) bond motifs is 7. The van der Waals surface area contributed by atoms with Crippen molar-refractivity contribution in [2.45, 2.75) is 227 Å². The monoisotopic (exact) mass is 1000 g/mol. The van der Waals surface area contributed by atoms with Crippen LogP contribution in [0.2, 0.25) is 0 Å². The Labute approximate surface area is 407 Å². The molecule has 10 rings (SSSR count). The van der Waals surface area contributed by atoms with Gasteiger partial charge in [-0.3, -0.25) is 0 Å². The topological polar surface area (TPSA) is 315 Å². The molecule has 0 bridgehead atoms. The van der Waals surface area contributed by atoms with Gasteiger partial charge in [0.15, 0.2) is 30.9 Å². The molecule has 0 amide bonds. The zero-order valence-corrected chi connectivity index (χ0v) is 40.7. The fraction of sp³-hybridized carbons (Fsp3) is 0.959. The second kappa shape index (κ2) is 19.5. The molecule has 10 aliphatic rings. The van der Waals surface area contributed by atoms with E-state index in [-0.39, 0.29) is 28.8 Å². The molecule has 29 atom stereocenters. The Hall–Kier alpha value is -1.10. The van der Waals surface area contributed by atoms with Gasteiger partial charge in [0.25, 0.3) is 0 Å². The van der Waals surface area contributed by atoms with Gasteiger partial charge in [0.2, 0.25) is 0 Å². The maximum Gasteiger partial charge on any atom is 0.187 e. The molecule has 0 aromatic rings. The molecule has 4 aliphatic carbocycles. The average Bonchev–Trinajstić information content (AvgIpc) is 3.69. The number of ether oxygens (including phenoxy) is 10. The lowest BCUT2D eigenvalue weighted by atomic mass is 9.46. The molecular weight excluding hydrogens is 925 g/mol. The van der Waals surface area contributed by atoms with Gasteiger partial charge in [-0.2, -0.15) is 0 Å². The summed E-state index contributed by atoms with van der Waals surface area (Å²) in [5.74, 6) is 0.429. The molecule has 3 saturated carbocycles. The summed E-state index contributed by atoms with van der Waals surface area (Å²) in [6.45, 7) is 9.36. The van der Waals surface area contributed by atoms with E-state index in [0.29, 0.717) is 37.2 Å². The van der Waals surface area contributed by atoms with Crippen molar-refractivity contribution in [1.29, 1.82) is 0 Å². The molecule has 11 N–H and O–H groups in total. The van der Waals surface area contributed by atoms with Crippen LogP contribution < -0.4 is 0 Å². The molecular formula is C49H78O21. The number of aliphatic hydroxyl groups excluding tert-OH is 10. The Bertz CT molecular complexity index is 1870. The van der Waals surface area contributed by atoms with Crippen LogP contribution in [0.15, 0.2) is 11.6 Å². The number of rotatable bonds is 9. The van der Waals surface area contributed by atoms with E-state index in [9.17, 15) is 56.2 Å². The van der Waals surface area contributed by atoms with Crippen molar-refractivity contribution >= 4 is 0 Å². The zero-order valence-electron chi connectivity index (χ0n) is 40.7. The van der Waals surface area contributed by atoms with Crippen molar-refractivity contribution in [3.8, 4) is 0 Å². The molecule has 6 saturated heterocycles. The van der Waals surface area contributed by atoms with Gasteiger partial charge in [0.1, 0.15) is 85.0 Å². The first-order chi connectivity index (χ1) is 33.1. The molecule has 6 heterocycles. The number of aliphatic hydroxyl groups is 11. The molecule has 400 valence electrons. The Morgan fingerprint density at radius 2 is 1.29 bits per heavy atom. The molecule has 21 heteroatoms. The molecule has 0 unspecified atom stereocenters. The van der Waals surface area contributed by atoms with Crippen LogP contribution in [-0.2, 0) is 47.4 Å². The minimum atomic E-state index is -1.84. The first-order valence-corrected chi connectivity index (χ1v) is 25.8. The second-order valence-electron chi connectivity index (χ2n) is 23.1. The Morgan fingerprint density at radius 3 is 1.93 bits per heavy atom. The first-order valence-electron chi connectivity index (χ1n) is 25.8. The normalized spacial score (nSPS) is 58.0. The van der Waals surface area contributed by atoms with E-state index in [2.05, 4.69) is 33.8 Å². The second-order valence-corrected chi connectivity index (χ2v) is 23.1. The van der Waals surface area contributed by atoms with E-state index in [4.69, 9.17) is 47.4 Å². The molecule has 6 aliphatic heterocycles. The lowest BCUT2D eigenvalue weighted by Gasteiger charge is -2.60. The first kappa shape index (κ1) is 52.3. The summed E-state index contributed by atoms with van der Waals surface area (Å²) >= 11 is 0. The highest BCUT2D eigenvalue weighted by atomic mass is 16.8. The fourth-order valence-corrected chi connectivity index (χ4v) is 14.9. The fourth-order valence-electron chi connectivity index (χ4n) is 14.9. The van der Waals surface area contributed by atoms with Gasteiger partial charge < -0.3 is 104 Å². The third-order valence-corrected chi connectivity index (χ3v) is 19.3. The number of allylic oxidation sites excluding steroid dienone is 1. The quantitative estimate of drug-likeness (QED) is 0.116. The zero-order chi connectivity index (χ0) is 50.0. The smallest absolute Gasteiger partial charge is 0.187 e. The van der Waals surface area contributed by atoms with Crippen molar-refractivity contribution < 1.29 is 104 Å². The lowest BCUT2D eigenvalue weighted by molar-refractivity contribution is -0.404. The summed E-state index contributed by atoms with van der Waals surface area (Å²) in [5.41, 5.74) is -0.325. The molecule has 0 aromatic heterocycles. The van der Waals surface area contributed by atoms with Crippen LogP contribution in [0.5, 0.6) is 0 Å². The maximum atomic E-state index is 12.9. The van der Waals surface area contributed by atoms with Crippen molar-refractivity contribution in [3.05, 3.63) is 11.6 Å². The van der Waals surface area contributed by atoms with Crippen LogP contribution in [0.1, 0.15) is 92.4 Å².